The number of nitrogens with zero attached hydrogens (tertiary/aromatic N) is 4. The molecule has 3 rings (SSSR count). The quantitative estimate of drug-likeness (QED) is 0.380. The van der Waals surface area contributed by atoms with Crippen LogP contribution < -0.4 is 0 Å². The van der Waals surface area contributed by atoms with Gasteiger partial charge in [0, 0.05) is 37.1 Å². The predicted octanol–water partition coefficient (Wildman–Crippen LogP) is 3.57. The highest BCUT2D eigenvalue weighted by molar-refractivity contribution is 7.89. The number of aryl methyl sites for hydroxylation is 1. The number of halogens is 1. The molecule has 1 saturated carbocycles. The maximum atomic E-state index is 13.4. The third-order valence-corrected chi connectivity index (χ3v) is 8.06. The molecule has 9 nitrogen and oxygen atoms in total. The second kappa shape index (κ2) is 9.60. The van der Waals surface area contributed by atoms with Gasteiger partial charge in [-0.2, -0.15) is 4.31 Å². The molecular weight excluding hydrogens is 456 g/mol. The maximum Gasteiger partial charge on any atom is 0.289 e. The van der Waals surface area contributed by atoms with Crippen molar-refractivity contribution < 1.29 is 18.1 Å². The van der Waals surface area contributed by atoms with Gasteiger partial charge in [0.1, 0.15) is 5.02 Å². The van der Waals surface area contributed by atoms with Crippen molar-refractivity contribution in [3.05, 3.63) is 57.4 Å². The lowest BCUT2D eigenvalue weighted by molar-refractivity contribution is -0.384. The Balaban J connectivity index is 1.90. The first-order valence-electron chi connectivity index (χ1n) is 10.4. The fraction of sp³-hybridized carbons (Fsp3) is 0.476. The van der Waals surface area contributed by atoms with E-state index in [9.17, 15) is 23.3 Å². The molecule has 1 atom stereocenters. The van der Waals surface area contributed by atoms with Crippen molar-refractivity contribution >= 4 is 33.2 Å². The zero-order chi connectivity index (χ0) is 23.6. The Labute approximate surface area is 192 Å². The van der Waals surface area contributed by atoms with E-state index < -0.39 is 26.7 Å². The number of hydrogen-bond donors (Lipinski definition) is 0. The first-order chi connectivity index (χ1) is 15.1. The van der Waals surface area contributed by atoms with Gasteiger partial charge in [0.05, 0.1) is 22.9 Å². The molecule has 0 N–H and O–H groups in total. The Kier molecular flexibility index (Phi) is 7.26. The van der Waals surface area contributed by atoms with Gasteiger partial charge in [-0.1, -0.05) is 18.5 Å². The molecule has 32 heavy (non-hydrogen) atoms. The normalized spacial score (nSPS) is 15.0. The number of amides is 1. The molecule has 1 aliphatic carbocycles. The van der Waals surface area contributed by atoms with Crippen LogP contribution in [0.25, 0.3) is 0 Å². The Hall–Kier alpha value is -2.43. The second-order valence-corrected chi connectivity index (χ2v) is 10.3. The van der Waals surface area contributed by atoms with E-state index in [0.29, 0.717) is 13.0 Å². The summed E-state index contributed by atoms with van der Waals surface area (Å²) in [6.07, 6.45) is 4.14. The smallest absolute Gasteiger partial charge is 0.289 e. The number of nitro benzene ring substituents is 1. The third kappa shape index (κ3) is 5.13. The first kappa shape index (κ1) is 24.2. The molecule has 0 bridgehead atoms. The summed E-state index contributed by atoms with van der Waals surface area (Å²) in [5.74, 6) is -0.291. The molecule has 1 amide bonds. The first-order valence-corrected chi connectivity index (χ1v) is 12.2. The molecule has 0 spiro atoms. The molecule has 11 heteroatoms. The molecule has 0 aliphatic heterocycles. The average Bonchev–Trinajstić information content (AvgIpc) is 3.51. The largest absolute Gasteiger partial charge is 0.353 e. The van der Waals surface area contributed by atoms with E-state index in [4.69, 9.17) is 11.6 Å². The Morgan fingerprint density at radius 1 is 1.34 bits per heavy atom. The summed E-state index contributed by atoms with van der Waals surface area (Å²) >= 11 is 5.85. The van der Waals surface area contributed by atoms with Crippen molar-refractivity contribution in [3.63, 3.8) is 0 Å². The van der Waals surface area contributed by atoms with Crippen molar-refractivity contribution in [3.8, 4) is 0 Å². The maximum absolute atomic E-state index is 13.4. The summed E-state index contributed by atoms with van der Waals surface area (Å²) in [5, 5.41) is 11.1. The average molecular weight is 483 g/mol. The molecule has 1 aromatic heterocycles. The van der Waals surface area contributed by atoms with Crippen LogP contribution >= 0.6 is 11.6 Å². The van der Waals surface area contributed by atoms with Crippen LogP contribution in [0.2, 0.25) is 5.02 Å². The van der Waals surface area contributed by atoms with Gasteiger partial charge in [0.2, 0.25) is 15.9 Å². The van der Waals surface area contributed by atoms with Gasteiger partial charge in [-0.25, -0.2) is 8.42 Å². The number of aromatic nitrogens is 1. The Bertz CT molecular complexity index is 1110. The number of benzene rings is 1. The predicted molar refractivity (Wildman–Crippen MR) is 121 cm³/mol. The number of nitro groups is 1. The molecule has 2 aromatic rings. The third-order valence-electron chi connectivity index (χ3n) is 5.79. The van der Waals surface area contributed by atoms with E-state index >= 15 is 0 Å². The molecule has 174 valence electrons. The van der Waals surface area contributed by atoms with E-state index in [0.717, 1.165) is 28.9 Å². The lowest BCUT2D eigenvalue weighted by atomic mass is 10.2. The number of hydrogen-bond acceptors (Lipinski definition) is 5. The highest BCUT2D eigenvalue weighted by Gasteiger charge is 2.37. The fourth-order valence-corrected chi connectivity index (χ4v) is 5.34. The van der Waals surface area contributed by atoms with Crippen LogP contribution in [0.4, 0.5) is 5.69 Å². The minimum Gasteiger partial charge on any atom is -0.353 e. The standard InChI is InChI=1S/C21H27ClN4O5S/c1-4-15(2)25(32(30,31)18-9-10-19(22)20(12-18)26(28)29)14-21(27)24(16-7-8-16)13-17-6-5-11-23(17)3/h5-6,9-12,15-16H,4,7-8,13-14H2,1-3H3. The zero-order valence-corrected chi connectivity index (χ0v) is 19.8. The molecule has 1 unspecified atom stereocenters. The summed E-state index contributed by atoms with van der Waals surface area (Å²) in [5.41, 5.74) is 0.461. The van der Waals surface area contributed by atoms with Gasteiger partial charge in [-0.3, -0.25) is 14.9 Å². The molecule has 1 aromatic carbocycles. The van der Waals surface area contributed by atoms with E-state index in [2.05, 4.69) is 0 Å². The summed E-state index contributed by atoms with van der Waals surface area (Å²) in [6, 6.07) is 6.81. The highest BCUT2D eigenvalue weighted by atomic mass is 35.5. The van der Waals surface area contributed by atoms with Crippen molar-refractivity contribution in [2.45, 2.75) is 56.6 Å². The van der Waals surface area contributed by atoms with Crippen LogP contribution in [0, 0.1) is 10.1 Å². The minimum absolute atomic E-state index is 0.0931. The molecule has 0 radical (unpaired) electrons. The van der Waals surface area contributed by atoms with Gasteiger partial charge in [-0.15, -0.1) is 0 Å². The zero-order valence-electron chi connectivity index (χ0n) is 18.3. The molecule has 1 aliphatic rings. The lowest BCUT2D eigenvalue weighted by Gasteiger charge is -2.30. The monoisotopic (exact) mass is 482 g/mol. The number of sulfonamides is 1. The van der Waals surface area contributed by atoms with Crippen LogP contribution in [0.15, 0.2) is 41.4 Å². The number of carbonyl (C=O) groups is 1. The van der Waals surface area contributed by atoms with Crippen molar-refractivity contribution in [1.82, 2.24) is 13.8 Å². The topological polar surface area (TPSA) is 106 Å². The van der Waals surface area contributed by atoms with E-state index in [1.54, 1.807) is 11.8 Å². The molecule has 0 saturated heterocycles. The van der Waals surface area contributed by atoms with E-state index in [1.807, 2.05) is 36.9 Å². The Morgan fingerprint density at radius 3 is 2.56 bits per heavy atom. The minimum atomic E-state index is -4.17. The fourth-order valence-electron chi connectivity index (χ4n) is 3.48. The van der Waals surface area contributed by atoms with Gasteiger partial charge < -0.3 is 9.47 Å². The summed E-state index contributed by atoms with van der Waals surface area (Å²) in [7, 11) is -2.27. The Morgan fingerprint density at radius 2 is 2.03 bits per heavy atom. The van der Waals surface area contributed by atoms with Crippen LogP contribution in [-0.4, -0.2) is 51.6 Å². The summed E-state index contributed by atoms with van der Waals surface area (Å²) in [4.78, 5) is 25.3. The number of carbonyl (C=O) groups excluding carboxylic acids is 1. The summed E-state index contributed by atoms with van der Waals surface area (Å²) in [6.45, 7) is 3.60. The van der Waals surface area contributed by atoms with Gasteiger partial charge in [0.15, 0.2) is 0 Å². The van der Waals surface area contributed by atoms with Crippen LogP contribution in [0.5, 0.6) is 0 Å². The molecule has 1 fully saturated rings. The molecular formula is C21H27ClN4O5S. The van der Waals surface area contributed by atoms with Gasteiger partial charge in [-0.05, 0) is 50.5 Å². The highest BCUT2D eigenvalue weighted by Crippen LogP contribution is 2.31. The van der Waals surface area contributed by atoms with Crippen molar-refractivity contribution in [1.29, 1.82) is 0 Å². The second-order valence-electron chi connectivity index (χ2n) is 8.04. The molecule has 1 heterocycles. The number of rotatable bonds is 10. The SMILES string of the molecule is CCC(C)N(CC(=O)N(Cc1cccn1C)C1CC1)S(=O)(=O)c1ccc(Cl)c([N+](=O)[O-])c1. The van der Waals surface area contributed by atoms with E-state index in [1.165, 1.54) is 12.1 Å². The van der Waals surface area contributed by atoms with Crippen LogP contribution in [0.3, 0.4) is 0 Å². The van der Waals surface area contributed by atoms with E-state index in [-0.39, 0.29) is 28.4 Å². The van der Waals surface area contributed by atoms with Crippen molar-refractivity contribution in [2.75, 3.05) is 6.54 Å². The van der Waals surface area contributed by atoms with Crippen LogP contribution in [-0.2, 0) is 28.4 Å². The van der Waals surface area contributed by atoms with Crippen molar-refractivity contribution in [2.24, 2.45) is 7.05 Å². The van der Waals surface area contributed by atoms with Gasteiger partial charge in [0.25, 0.3) is 5.69 Å². The summed E-state index contributed by atoms with van der Waals surface area (Å²) < 4.78 is 29.9. The van der Waals surface area contributed by atoms with Gasteiger partial charge >= 0.3 is 0 Å². The lowest BCUT2D eigenvalue weighted by Crippen LogP contribution is -2.47. The van der Waals surface area contributed by atoms with Crippen LogP contribution in [0.1, 0.15) is 38.8 Å².